The Kier molecular flexibility index (Phi) is 5.80. The largest absolute Gasteiger partial charge is 0.478 e. The molecule has 3 heterocycles. The van der Waals surface area contributed by atoms with Gasteiger partial charge in [-0.3, -0.25) is 15.1 Å². The highest BCUT2D eigenvalue weighted by atomic mass is 32.2. The van der Waals surface area contributed by atoms with Crippen molar-refractivity contribution in [2.24, 2.45) is 0 Å². The number of anilines is 2. The van der Waals surface area contributed by atoms with E-state index in [1.807, 2.05) is 19.1 Å². The maximum absolute atomic E-state index is 12.1. The number of fused-ring (bicyclic) bond motifs is 3. The molecule has 0 unspecified atom stereocenters. The van der Waals surface area contributed by atoms with E-state index < -0.39 is 5.97 Å². The number of benzene rings is 1. The molecule has 1 aliphatic rings. The van der Waals surface area contributed by atoms with Gasteiger partial charge in [0.1, 0.15) is 0 Å². The van der Waals surface area contributed by atoms with Gasteiger partial charge in [-0.05, 0) is 48.9 Å². The maximum Gasteiger partial charge on any atom is 0.337 e. The van der Waals surface area contributed by atoms with Crippen LogP contribution in [0, 0.1) is 0 Å². The molecular formula is C23H20N6O3S2. The molecule has 1 aliphatic carbocycles. The molecule has 9 nitrogen and oxygen atoms in total. The van der Waals surface area contributed by atoms with E-state index in [1.54, 1.807) is 29.2 Å². The summed E-state index contributed by atoms with van der Waals surface area (Å²) in [6, 6.07) is 8.60. The molecule has 1 amide bonds. The minimum Gasteiger partial charge on any atom is -0.478 e. The maximum atomic E-state index is 12.1. The fourth-order valence-electron chi connectivity index (χ4n) is 3.98. The first-order valence-corrected chi connectivity index (χ1v) is 12.4. The van der Waals surface area contributed by atoms with Crippen LogP contribution in [-0.2, 0) is 12.8 Å². The van der Waals surface area contributed by atoms with Crippen LogP contribution in [0.5, 0.6) is 0 Å². The van der Waals surface area contributed by atoms with Gasteiger partial charge in [0.15, 0.2) is 5.13 Å². The molecule has 172 valence electrons. The molecule has 0 saturated heterocycles. The van der Waals surface area contributed by atoms with E-state index in [-0.39, 0.29) is 16.5 Å². The van der Waals surface area contributed by atoms with Gasteiger partial charge < -0.3 is 10.8 Å². The summed E-state index contributed by atoms with van der Waals surface area (Å²) in [7, 11) is 0. The molecular weight excluding hydrogens is 472 g/mol. The molecule has 4 aromatic rings. The number of nitrogens with zero attached hydrogens (tertiary/aromatic N) is 4. The van der Waals surface area contributed by atoms with Crippen molar-refractivity contribution < 1.29 is 14.7 Å². The molecule has 4 N–H and O–H groups in total. The van der Waals surface area contributed by atoms with E-state index in [2.05, 4.69) is 15.3 Å². The van der Waals surface area contributed by atoms with E-state index in [4.69, 9.17) is 10.8 Å². The predicted octanol–water partition coefficient (Wildman–Crippen LogP) is 4.72. The summed E-state index contributed by atoms with van der Waals surface area (Å²) in [4.78, 5) is 33.4. The third kappa shape index (κ3) is 3.93. The number of carboxylic acid groups (broad SMARTS) is 1. The van der Waals surface area contributed by atoms with Gasteiger partial charge in [0, 0.05) is 29.2 Å². The number of pyridine rings is 1. The number of thioether (sulfide) groups is 1. The number of thiazole rings is 1. The van der Waals surface area contributed by atoms with Crippen LogP contribution in [-0.4, -0.2) is 41.8 Å². The smallest absolute Gasteiger partial charge is 0.337 e. The summed E-state index contributed by atoms with van der Waals surface area (Å²) in [5, 5.41) is 17.5. The Labute approximate surface area is 203 Å². The molecule has 0 saturated carbocycles. The summed E-state index contributed by atoms with van der Waals surface area (Å²) >= 11 is 2.60. The zero-order chi connectivity index (χ0) is 23.8. The van der Waals surface area contributed by atoms with Crippen LogP contribution in [0.3, 0.4) is 0 Å². The Morgan fingerprint density at radius 1 is 1.29 bits per heavy atom. The number of rotatable bonds is 5. The first kappa shape index (κ1) is 22.1. The van der Waals surface area contributed by atoms with Gasteiger partial charge in [-0.15, -0.1) is 0 Å². The van der Waals surface area contributed by atoms with Crippen LogP contribution in [0.4, 0.5) is 15.6 Å². The molecule has 0 fully saturated rings. The van der Waals surface area contributed by atoms with Crippen molar-refractivity contribution in [3.63, 3.8) is 0 Å². The third-order valence-electron chi connectivity index (χ3n) is 5.44. The van der Waals surface area contributed by atoms with Crippen molar-refractivity contribution in [2.75, 3.05) is 16.8 Å². The monoisotopic (exact) mass is 492 g/mol. The van der Waals surface area contributed by atoms with Crippen LogP contribution < -0.4 is 11.1 Å². The first-order valence-electron chi connectivity index (χ1n) is 10.6. The average Bonchev–Trinajstić information content (AvgIpc) is 3.40. The SMILES string of the molecule is CCSC(=O)Nc1nc2c(s1)-c1c(c(-c3cccnc3)nn1-c1ccc(C(=O)O)c(N)c1)CC2. The lowest BCUT2D eigenvalue weighted by Gasteiger charge is -2.14. The van der Waals surface area contributed by atoms with Gasteiger partial charge in [0.05, 0.1) is 33.2 Å². The lowest BCUT2D eigenvalue weighted by Crippen LogP contribution is -2.08. The molecule has 0 bridgehead atoms. The Morgan fingerprint density at radius 3 is 2.85 bits per heavy atom. The van der Waals surface area contributed by atoms with Crippen LogP contribution in [0.25, 0.3) is 27.5 Å². The number of aromatic nitrogens is 4. The van der Waals surface area contributed by atoms with Crippen molar-refractivity contribution in [3.05, 3.63) is 59.5 Å². The van der Waals surface area contributed by atoms with Gasteiger partial charge in [-0.25, -0.2) is 14.5 Å². The second-order valence-electron chi connectivity index (χ2n) is 7.55. The fraction of sp³-hybridized carbons (Fsp3) is 0.174. The minimum absolute atomic E-state index is 0.0363. The number of carbonyl (C=O) groups is 2. The van der Waals surface area contributed by atoms with Gasteiger partial charge in [-0.1, -0.05) is 30.0 Å². The van der Waals surface area contributed by atoms with Crippen molar-refractivity contribution in [1.29, 1.82) is 0 Å². The highest BCUT2D eigenvalue weighted by molar-refractivity contribution is 8.13. The molecule has 0 radical (unpaired) electrons. The zero-order valence-corrected chi connectivity index (χ0v) is 19.7. The number of amides is 1. The van der Waals surface area contributed by atoms with Gasteiger partial charge in [0.25, 0.3) is 5.24 Å². The zero-order valence-electron chi connectivity index (χ0n) is 18.1. The minimum atomic E-state index is -1.09. The highest BCUT2D eigenvalue weighted by Gasteiger charge is 2.30. The van der Waals surface area contributed by atoms with Gasteiger partial charge in [-0.2, -0.15) is 5.10 Å². The fourth-order valence-corrected chi connectivity index (χ4v) is 5.54. The van der Waals surface area contributed by atoms with E-state index in [0.29, 0.717) is 23.0 Å². The van der Waals surface area contributed by atoms with E-state index in [9.17, 15) is 14.7 Å². The molecule has 0 spiro atoms. The molecule has 11 heteroatoms. The molecule has 1 aromatic carbocycles. The summed E-state index contributed by atoms with van der Waals surface area (Å²) < 4.78 is 1.78. The first-order chi connectivity index (χ1) is 16.5. The van der Waals surface area contributed by atoms with E-state index >= 15 is 0 Å². The topological polar surface area (TPSA) is 136 Å². The van der Waals surface area contributed by atoms with Crippen molar-refractivity contribution in [3.8, 4) is 27.5 Å². The number of hydrogen-bond donors (Lipinski definition) is 3. The number of aromatic carboxylic acids is 1. The van der Waals surface area contributed by atoms with Crippen molar-refractivity contribution in [2.45, 2.75) is 19.8 Å². The van der Waals surface area contributed by atoms with Crippen LogP contribution >= 0.6 is 23.1 Å². The lowest BCUT2D eigenvalue weighted by molar-refractivity contribution is 0.0698. The van der Waals surface area contributed by atoms with Gasteiger partial charge >= 0.3 is 5.97 Å². The standard InChI is InChI=1S/C23H20N6O3S2/c1-2-33-23(32)27-22-26-17-8-7-15-18(12-4-3-9-25-11-12)28-29(19(15)20(17)34-22)13-5-6-14(21(30)31)16(24)10-13/h3-6,9-11H,2,7-8,24H2,1H3,(H,30,31)(H,26,27,32). The Hall–Kier alpha value is -3.70. The normalized spacial score (nSPS) is 12.1. The molecule has 0 aliphatic heterocycles. The summed E-state index contributed by atoms with van der Waals surface area (Å²) in [6.45, 7) is 1.92. The van der Waals surface area contributed by atoms with E-state index in [0.717, 1.165) is 39.5 Å². The van der Waals surface area contributed by atoms with Crippen LogP contribution in [0.2, 0.25) is 0 Å². The number of nitrogen functional groups attached to an aromatic ring is 1. The third-order valence-corrected chi connectivity index (χ3v) is 7.11. The van der Waals surface area contributed by atoms with Crippen molar-refractivity contribution in [1.82, 2.24) is 19.7 Å². The van der Waals surface area contributed by atoms with Gasteiger partial charge in [0.2, 0.25) is 0 Å². The molecule has 34 heavy (non-hydrogen) atoms. The second kappa shape index (κ2) is 8.92. The summed E-state index contributed by atoms with van der Waals surface area (Å²) in [5.41, 5.74) is 11.4. The number of nitrogens with one attached hydrogen (secondary N) is 1. The highest BCUT2D eigenvalue weighted by Crippen LogP contribution is 2.44. The Balaban J connectivity index is 1.68. The predicted molar refractivity (Wildman–Crippen MR) is 134 cm³/mol. The molecule has 3 aromatic heterocycles. The van der Waals surface area contributed by atoms with E-state index in [1.165, 1.54) is 29.2 Å². The number of carbonyl (C=O) groups excluding carboxylic acids is 1. The Bertz CT molecular complexity index is 1410. The quantitative estimate of drug-likeness (QED) is 0.340. The molecule has 5 rings (SSSR count). The second-order valence-corrected chi connectivity index (χ2v) is 9.78. The number of nitrogens with two attached hydrogens (primary N) is 1. The summed E-state index contributed by atoms with van der Waals surface area (Å²) in [5.74, 6) is -0.409. The lowest BCUT2D eigenvalue weighted by atomic mass is 9.95. The summed E-state index contributed by atoms with van der Waals surface area (Å²) in [6.07, 6.45) is 4.91. The van der Waals surface area contributed by atoms with Crippen LogP contribution in [0.15, 0.2) is 42.7 Å². The number of carboxylic acids is 1. The number of aryl methyl sites for hydroxylation is 1. The molecule has 0 atom stereocenters. The van der Waals surface area contributed by atoms with Crippen LogP contribution in [0.1, 0.15) is 28.5 Å². The number of hydrogen-bond acceptors (Lipinski definition) is 8. The Morgan fingerprint density at radius 2 is 2.15 bits per heavy atom. The average molecular weight is 493 g/mol. The van der Waals surface area contributed by atoms with Crippen molar-refractivity contribution >= 4 is 45.1 Å².